The molecule has 0 aromatic heterocycles. The van der Waals surface area contributed by atoms with Gasteiger partial charge in [-0.15, -0.1) is 0 Å². The lowest BCUT2D eigenvalue weighted by atomic mass is 10.3. The highest BCUT2D eigenvalue weighted by molar-refractivity contribution is 14.1. The normalized spacial score (nSPS) is 11.6. The first kappa shape index (κ1) is 10.2. The standard InChI is InChI=1S/C6H3ClFIO2S/c7-12(10,11)5-3-1-2-4(8)6(5)9/h1-3H. The Morgan fingerprint density at radius 3 is 2.42 bits per heavy atom. The molecule has 0 aliphatic heterocycles. The summed E-state index contributed by atoms with van der Waals surface area (Å²) in [4.78, 5) is -0.190. The molecule has 66 valence electrons. The zero-order valence-electron chi connectivity index (χ0n) is 5.59. The topological polar surface area (TPSA) is 34.1 Å². The Morgan fingerprint density at radius 2 is 2.00 bits per heavy atom. The summed E-state index contributed by atoms with van der Waals surface area (Å²) >= 11 is 1.59. The molecule has 1 aromatic rings. The van der Waals surface area contributed by atoms with Crippen LogP contribution in [0.3, 0.4) is 0 Å². The minimum absolute atomic E-state index is 0.0186. The van der Waals surface area contributed by atoms with E-state index in [1.807, 2.05) is 0 Å². The summed E-state index contributed by atoms with van der Waals surface area (Å²) in [6.45, 7) is 0. The van der Waals surface area contributed by atoms with Crippen LogP contribution in [0, 0.1) is 9.39 Å². The fraction of sp³-hybridized carbons (Fsp3) is 0. The molecule has 1 aromatic carbocycles. The van der Waals surface area contributed by atoms with Crippen LogP contribution in [0.5, 0.6) is 0 Å². The van der Waals surface area contributed by atoms with Gasteiger partial charge in [0.15, 0.2) is 0 Å². The van der Waals surface area contributed by atoms with Gasteiger partial charge < -0.3 is 0 Å². The number of benzene rings is 1. The van der Waals surface area contributed by atoms with Crippen LogP contribution >= 0.6 is 33.3 Å². The number of halogens is 3. The van der Waals surface area contributed by atoms with Gasteiger partial charge >= 0.3 is 0 Å². The van der Waals surface area contributed by atoms with Crippen LogP contribution in [-0.2, 0) is 9.05 Å². The van der Waals surface area contributed by atoms with Crippen molar-refractivity contribution in [2.45, 2.75) is 4.90 Å². The van der Waals surface area contributed by atoms with Gasteiger partial charge in [-0.3, -0.25) is 0 Å². The number of hydrogen-bond donors (Lipinski definition) is 0. The highest BCUT2D eigenvalue weighted by Gasteiger charge is 2.16. The van der Waals surface area contributed by atoms with Crippen molar-refractivity contribution in [3.63, 3.8) is 0 Å². The average molecular weight is 321 g/mol. The molecule has 6 heteroatoms. The predicted octanol–water partition coefficient (Wildman–Crippen LogP) is 2.36. The molecule has 0 atom stereocenters. The molecule has 0 bridgehead atoms. The van der Waals surface area contributed by atoms with Crippen LogP contribution in [0.4, 0.5) is 4.39 Å². The summed E-state index contributed by atoms with van der Waals surface area (Å²) in [5.41, 5.74) is 0. The van der Waals surface area contributed by atoms with Crippen molar-refractivity contribution in [3.05, 3.63) is 27.6 Å². The zero-order valence-corrected chi connectivity index (χ0v) is 9.32. The Hall–Kier alpha value is 0.120. The molecule has 0 N–H and O–H groups in total. The van der Waals surface area contributed by atoms with Gasteiger partial charge in [0.2, 0.25) is 0 Å². The zero-order chi connectivity index (χ0) is 9.35. The van der Waals surface area contributed by atoms with Crippen LogP contribution in [0.2, 0.25) is 0 Å². The van der Waals surface area contributed by atoms with Crippen molar-refractivity contribution in [1.29, 1.82) is 0 Å². The Morgan fingerprint density at radius 1 is 1.42 bits per heavy atom. The van der Waals surface area contributed by atoms with Crippen LogP contribution < -0.4 is 0 Å². The van der Waals surface area contributed by atoms with Crippen molar-refractivity contribution in [2.24, 2.45) is 0 Å². The van der Waals surface area contributed by atoms with Gasteiger partial charge in [0.25, 0.3) is 9.05 Å². The second-order valence-electron chi connectivity index (χ2n) is 1.99. The van der Waals surface area contributed by atoms with E-state index in [4.69, 9.17) is 10.7 Å². The van der Waals surface area contributed by atoms with Crippen LogP contribution in [0.1, 0.15) is 0 Å². The summed E-state index contributed by atoms with van der Waals surface area (Å²) in [5, 5.41) is 0. The van der Waals surface area contributed by atoms with Crippen molar-refractivity contribution >= 4 is 42.3 Å². The Kier molecular flexibility index (Phi) is 2.95. The molecule has 0 unspecified atom stereocenters. The molecular formula is C6H3ClFIO2S. The minimum atomic E-state index is -3.83. The molecule has 0 saturated heterocycles. The Bertz CT molecular complexity index is 404. The fourth-order valence-corrected chi connectivity index (χ4v) is 3.23. The summed E-state index contributed by atoms with van der Waals surface area (Å²) in [7, 11) is 1.21. The summed E-state index contributed by atoms with van der Waals surface area (Å²) in [6.07, 6.45) is 0. The molecule has 2 nitrogen and oxygen atoms in total. The number of hydrogen-bond acceptors (Lipinski definition) is 2. The van der Waals surface area contributed by atoms with Crippen molar-refractivity contribution in [3.8, 4) is 0 Å². The highest BCUT2D eigenvalue weighted by atomic mass is 127. The van der Waals surface area contributed by atoms with Gasteiger partial charge in [-0.1, -0.05) is 6.07 Å². The van der Waals surface area contributed by atoms with E-state index in [9.17, 15) is 12.8 Å². The largest absolute Gasteiger partial charge is 0.262 e. The van der Waals surface area contributed by atoms with Gasteiger partial charge in [-0.2, -0.15) is 0 Å². The smallest absolute Gasteiger partial charge is 0.207 e. The monoisotopic (exact) mass is 320 g/mol. The third-order valence-corrected chi connectivity index (χ3v) is 4.01. The van der Waals surface area contributed by atoms with Gasteiger partial charge in [0.05, 0.1) is 8.47 Å². The maximum atomic E-state index is 12.8. The fourth-order valence-electron chi connectivity index (χ4n) is 0.672. The molecule has 12 heavy (non-hydrogen) atoms. The predicted molar refractivity (Wildman–Crippen MR) is 52.2 cm³/mol. The first-order valence-electron chi connectivity index (χ1n) is 2.81. The van der Waals surface area contributed by atoms with E-state index in [1.54, 1.807) is 22.6 Å². The van der Waals surface area contributed by atoms with Crippen molar-refractivity contribution in [1.82, 2.24) is 0 Å². The van der Waals surface area contributed by atoms with E-state index < -0.39 is 14.9 Å². The van der Waals surface area contributed by atoms with Crippen LogP contribution in [-0.4, -0.2) is 8.42 Å². The molecule has 0 heterocycles. The molecule has 1 rings (SSSR count). The molecular weight excluding hydrogens is 317 g/mol. The van der Waals surface area contributed by atoms with E-state index in [1.165, 1.54) is 18.2 Å². The number of rotatable bonds is 1. The average Bonchev–Trinajstić information content (AvgIpc) is 1.92. The summed E-state index contributed by atoms with van der Waals surface area (Å²) < 4.78 is 34.4. The maximum absolute atomic E-state index is 12.8. The van der Waals surface area contributed by atoms with E-state index in [2.05, 4.69) is 0 Å². The molecule has 0 saturated carbocycles. The lowest BCUT2D eigenvalue weighted by Crippen LogP contribution is -1.96. The van der Waals surface area contributed by atoms with Gasteiger partial charge in [0, 0.05) is 10.7 Å². The molecule has 0 amide bonds. The molecule has 0 fully saturated rings. The SMILES string of the molecule is O=S(=O)(Cl)c1cccc(F)c1I. The maximum Gasteiger partial charge on any atom is 0.262 e. The Labute approximate surface area is 87.3 Å². The van der Waals surface area contributed by atoms with Crippen molar-refractivity contribution in [2.75, 3.05) is 0 Å². The second kappa shape index (κ2) is 3.47. The molecule has 0 aliphatic rings. The Balaban J connectivity index is 3.47. The van der Waals surface area contributed by atoms with Crippen LogP contribution in [0.15, 0.2) is 23.1 Å². The molecule has 0 aliphatic carbocycles. The van der Waals surface area contributed by atoms with E-state index in [0.717, 1.165) is 0 Å². The van der Waals surface area contributed by atoms with Gasteiger partial charge in [-0.25, -0.2) is 12.8 Å². The van der Waals surface area contributed by atoms with Crippen LogP contribution in [0.25, 0.3) is 0 Å². The molecule has 0 spiro atoms. The second-order valence-corrected chi connectivity index (χ2v) is 5.60. The van der Waals surface area contributed by atoms with Gasteiger partial charge in [0.1, 0.15) is 5.82 Å². The lowest BCUT2D eigenvalue weighted by Gasteiger charge is -1.99. The summed E-state index contributed by atoms with van der Waals surface area (Å²) in [5.74, 6) is -0.586. The summed E-state index contributed by atoms with van der Waals surface area (Å²) in [6, 6.07) is 3.73. The first-order chi connectivity index (χ1) is 5.43. The quantitative estimate of drug-likeness (QED) is 0.588. The van der Waals surface area contributed by atoms with Gasteiger partial charge in [-0.05, 0) is 34.7 Å². The van der Waals surface area contributed by atoms with E-state index in [-0.39, 0.29) is 8.47 Å². The first-order valence-corrected chi connectivity index (χ1v) is 6.20. The third-order valence-electron chi connectivity index (χ3n) is 1.18. The third kappa shape index (κ3) is 2.08. The minimum Gasteiger partial charge on any atom is -0.207 e. The van der Waals surface area contributed by atoms with Crippen molar-refractivity contribution < 1.29 is 12.8 Å². The highest BCUT2D eigenvalue weighted by Crippen LogP contribution is 2.23. The lowest BCUT2D eigenvalue weighted by molar-refractivity contribution is 0.597. The molecule has 0 radical (unpaired) electrons. The van der Waals surface area contributed by atoms with E-state index >= 15 is 0 Å². The van der Waals surface area contributed by atoms with E-state index in [0.29, 0.717) is 0 Å².